The third-order valence-corrected chi connectivity index (χ3v) is 12.9. The Labute approximate surface area is 502 Å². The number of hydrogen-bond acceptors (Lipinski definition) is 21. The SMILES string of the molecule is C[C@@H](O)[C@H](NC(=O)[C@H](CO)NC(=O)[C@H](CC(N)=O)NC(=O)[C@@H](N)CCCCN)C(=O)N[C@@H](CCC(N)=O)C(=O)N[C@@H](CCC(N)=O)C(=O)N[C@@H](Cc1ccc(O)cc1)C(=O)N[C@@H](CO)C(=O)N[C@@H](CCC(=O)O)C(=O)N[C@@H](Cc1ccc(O)cc1)C(=O)O. The summed E-state index contributed by atoms with van der Waals surface area (Å²) in [5, 5.41) is 89.7. The lowest BCUT2D eigenvalue weighted by Gasteiger charge is -2.28. The summed E-state index contributed by atoms with van der Waals surface area (Å²) in [6.07, 6.45) is -6.35. The van der Waals surface area contributed by atoms with Crippen LogP contribution < -0.4 is 76.5 Å². The molecule has 2 aromatic rings. The maximum Gasteiger partial charge on any atom is 0.326 e. The van der Waals surface area contributed by atoms with Gasteiger partial charge in [0.1, 0.15) is 65.9 Å². The topological polar surface area (TPSA) is 619 Å². The fourth-order valence-electron chi connectivity index (χ4n) is 8.06. The zero-order chi connectivity index (χ0) is 66.4. The summed E-state index contributed by atoms with van der Waals surface area (Å²) in [5.41, 5.74) is 27.9. The van der Waals surface area contributed by atoms with Crippen LogP contribution in [0.25, 0.3) is 0 Å². The molecule has 0 radical (unpaired) electrons. The number of phenols is 2. The number of primary amides is 3. The first-order valence-corrected chi connectivity index (χ1v) is 27.3. The largest absolute Gasteiger partial charge is 0.508 e. The molecule has 0 unspecified atom stereocenters. The Bertz CT molecular complexity index is 2770. The molecule has 26 N–H and O–H groups in total. The van der Waals surface area contributed by atoms with Gasteiger partial charge in [0.2, 0.25) is 70.9 Å². The summed E-state index contributed by atoms with van der Waals surface area (Å²) < 4.78 is 0. The highest BCUT2D eigenvalue weighted by Gasteiger charge is 2.37. The average molecular weight is 1250 g/mol. The summed E-state index contributed by atoms with van der Waals surface area (Å²) in [7, 11) is 0. The van der Waals surface area contributed by atoms with Crippen molar-refractivity contribution in [1.29, 1.82) is 0 Å². The molecule has 0 heterocycles. The number of hydrogen-bond donors (Lipinski definition) is 21. The van der Waals surface area contributed by atoms with E-state index in [1.807, 2.05) is 0 Å². The van der Waals surface area contributed by atoms with Crippen molar-refractivity contribution in [2.45, 2.75) is 150 Å². The summed E-state index contributed by atoms with van der Waals surface area (Å²) in [6.45, 7) is -1.10. The molecule has 35 nitrogen and oxygen atoms in total. The summed E-state index contributed by atoms with van der Waals surface area (Å²) in [4.78, 5) is 183. The molecule has 2 aromatic carbocycles. The van der Waals surface area contributed by atoms with Crippen LogP contribution in [0.2, 0.25) is 0 Å². The number of unbranched alkanes of at least 4 members (excludes halogenated alkanes) is 1. The van der Waals surface area contributed by atoms with Gasteiger partial charge >= 0.3 is 11.9 Å². The molecule has 0 aliphatic heterocycles. The molecule has 0 spiro atoms. The van der Waals surface area contributed by atoms with Gasteiger partial charge in [0.25, 0.3) is 0 Å². The number of aliphatic carboxylic acids is 2. The highest BCUT2D eigenvalue weighted by Crippen LogP contribution is 2.15. The smallest absolute Gasteiger partial charge is 0.326 e. The fraction of sp³-hybridized carbons (Fsp3) is 0.509. The van der Waals surface area contributed by atoms with Crippen molar-refractivity contribution in [1.82, 2.24) is 47.9 Å². The van der Waals surface area contributed by atoms with Gasteiger partial charge in [0.15, 0.2) is 0 Å². The quantitative estimate of drug-likeness (QED) is 0.0275. The number of rotatable bonds is 41. The first kappa shape index (κ1) is 74.5. The van der Waals surface area contributed by atoms with Crippen LogP contribution in [0.15, 0.2) is 48.5 Å². The van der Waals surface area contributed by atoms with Crippen LogP contribution in [0.4, 0.5) is 0 Å². The molecule has 0 saturated heterocycles. The van der Waals surface area contributed by atoms with Crippen molar-refractivity contribution in [3.8, 4) is 11.5 Å². The van der Waals surface area contributed by atoms with Crippen LogP contribution in [0.1, 0.15) is 82.3 Å². The summed E-state index contributed by atoms with van der Waals surface area (Å²) in [6, 6.07) is -7.66. The van der Waals surface area contributed by atoms with E-state index in [-0.39, 0.29) is 29.9 Å². The molecule has 0 aliphatic rings. The van der Waals surface area contributed by atoms with Crippen LogP contribution in [0, 0.1) is 0 Å². The number of nitrogens with two attached hydrogens (primary N) is 5. The number of aromatic hydroxyl groups is 2. The van der Waals surface area contributed by atoms with Gasteiger partial charge in [-0.3, -0.25) is 62.3 Å². The van der Waals surface area contributed by atoms with Crippen molar-refractivity contribution in [3.63, 3.8) is 0 Å². The lowest BCUT2D eigenvalue weighted by Crippen LogP contribution is -2.62. The third-order valence-electron chi connectivity index (χ3n) is 12.9. The van der Waals surface area contributed by atoms with Gasteiger partial charge in [0, 0.05) is 32.1 Å². The van der Waals surface area contributed by atoms with Gasteiger partial charge in [0.05, 0.1) is 31.8 Å². The molecule has 486 valence electrons. The molecular weight excluding hydrogens is 1170 g/mol. The Hall–Kier alpha value is -9.58. The number of aliphatic hydroxyl groups excluding tert-OH is 3. The average Bonchev–Trinajstić information content (AvgIpc) is 2.09. The van der Waals surface area contributed by atoms with Crippen molar-refractivity contribution >= 4 is 82.8 Å². The Morgan fingerprint density at radius 2 is 0.784 bits per heavy atom. The van der Waals surface area contributed by atoms with E-state index in [9.17, 15) is 103 Å². The molecule has 35 heteroatoms. The maximum absolute atomic E-state index is 14.3. The van der Waals surface area contributed by atoms with E-state index in [4.69, 9.17) is 28.7 Å². The third kappa shape index (κ3) is 27.2. The zero-order valence-electron chi connectivity index (χ0n) is 47.8. The van der Waals surface area contributed by atoms with Crippen molar-refractivity contribution in [2.24, 2.45) is 28.7 Å². The maximum atomic E-state index is 14.3. The van der Waals surface area contributed by atoms with Gasteiger partial charge in [-0.25, -0.2) is 4.79 Å². The Morgan fingerprint density at radius 3 is 1.18 bits per heavy atom. The van der Waals surface area contributed by atoms with Crippen LogP contribution in [0.5, 0.6) is 11.5 Å². The van der Waals surface area contributed by atoms with Gasteiger partial charge in [-0.05, 0) is 81.0 Å². The first-order chi connectivity index (χ1) is 41.4. The predicted octanol–water partition coefficient (Wildman–Crippen LogP) is -8.58. The molecular formula is C53H78N14O21. The zero-order valence-corrected chi connectivity index (χ0v) is 47.8. The van der Waals surface area contributed by atoms with E-state index in [0.29, 0.717) is 24.9 Å². The molecule has 0 saturated carbocycles. The van der Waals surface area contributed by atoms with Gasteiger partial charge in [-0.2, -0.15) is 0 Å². The van der Waals surface area contributed by atoms with Crippen molar-refractivity contribution in [3.05, 3.63) is 59.7 Å². The van der Waals surface area contributed by atoms with E-state index in [1.165, 1.54) is 48.5 Å². The van der Waals surface area contributed by atoms with Crippen LogP contribution in [0.3, 0.4) is 0 Å². The van der Waals surface area contributed by atoms with Gasteiger partial charge in [-0.15, -0.1) is 0 Å². The Morgan fingerprint density at radius 1 is 0.432 bits per heavy atom. The second kappa shape index (κ2) is 37.8. The number of carbonyl (C=O) groups excluding carboxylic acids is 12. The number of amides is 12. The van der Waals surface area contributed by atoms with E-state index in [0.717, 1.165) is 6.92 Å². The lowest BCUT2D eigenvalue weighted by atomic mass is 10.0. The normalized spacial score (nSPS) is 14.7. The summed E-state index contributed by atoms with van der Waals surface area (Å²) in [5.74, 6) is -17.6. The minimum Gasteiger partial charge on any atom is -0.508 e. The molecule has 0 aromatic heterocycles. The predicted molar refractivity (Wildman–Crippen MR) is 303 cm³/mol. The van der Waals surface area contributed by atoms with E-state index < -0.39 is 214 Å². The number of phenolic OH excluding ortho intramolecular Hbond substituents is 2. The van der Waals surface area contributed by atoms with Crippen LogP contribution in [-0.4, -0.2) is 205 Å². The van der Waals surface area contributed by atoms with E-state index in [2.05, 4.69) is 47.9 Å². The van der Waals surface area contributed by atoms with Crippen molar-refractivity contribution in [2.75, 3.05) is 19.8 Å². The van der Waals surface area contributed by atoms with Crippen LogP contribution >= 0.6 is 0 Å². The number of aliphatic hydroxyl groups is 3. The fourth-order valence-corrected chi connectivity index (χ4v) is 8.06. The monoisotopic (exact) mass is 1250 g/mol. The molecule has 11 atom stereocenters. The number of carboxylic acids is 2. The standard InChI is InChI=1S/C53H78N14O21/c1-25(70)43(67-51(85)38(24-69)66-49(83)35(22-41(58)75)62-44(78)30(55)4-2-3-19-54)52(86)61-32(14-17-40(57)74)45(79)59-31(13-16-39(56)73)46(80)63-34(20-26-5-9-28(71)10-6-26)48(82)65-37(23-68)50(84)60-33(15-18-42(76)77)47(81)64-36(53(87)88)21-27-7-11-29(72)12-8-27/h5-12,25,30-38,43,68-72H,2-4,13-24,54-55H2,1H3,(H2,56,73)(H2,57,74)(H2,58,75)(H,59,79)(H,60,84)(H,61,86)(H,62,78)(H,63,80)(H,64,81)(H,65,82)(H,66,83)(H,67,85)(H,76,77)(H,87,88)/t25-,30+,31+,32+,33+,34+,35+,36+,37+,38+,43+/m1/s1. The van der Waals surface area contributed by atoms with Crippen molar-refractivity contribution < 1.29 is 103 Å². The minimum absolute atomic E-state index is 0.139. The number of nitrogens with one attached hydrogen (secondary N) is 9. The molecule has 88 heavy (non-hydrogen) atoms. The van der Waals surface area contributed by atoms with Gasteiger partial charge in [-0.1, -0.05) is 30.7 Å². The second-order valence-electron chi connectivity index (χ2n) is 20.2. The Kier molecular flexibility index (Phi) is 32.0. The van der Waals surface area contributed by atoms with E-state index in [1.54, 1.807) is 0 Å². The first-order valence-electron chi connectivity index (χ1n) is 27.3. The van der Waals surface area contributed by atoms with Gasteiger partial charge < -0.3 is 112 Å². The van der Waals surface area contributed by atoms with Crippen LogP contribution in [-0.2, 0) is 80.0 Å². The highest BCUT2D eigenvalue weighted by molar-refractivity contribution is 5.99. The molecule has 0 fully saturated rings. The molecule has 2 rings (SSSR count). The molecule has 12 amide bonds. The minimum atomic E-state index is -2.05. The summed E-state index contributed by atoms with van der Waals surface area (Å²) >= 11 is 0. The highest BCUT2D eigenvalue weighted by atomic mass is 16.4. The Balaban J connectivity index is 2.45. The van der Waals surface area contributed by atoms with E-state index >= 15 is 0 Å². The lowest BCUT2D eigenvalue weighted by molar-refractivity contribution is -0.143. The molecule has 0 bridgehead atoms. The number of carbonyl (C=O) groups is 14. The number of benzene rings is 2. The number of carboxylic acid groups (broad SMARTS) is 2. The molecule has 0 aliphatic carbocycles. The second-order valence-corrected chi connectivity index (χ2v) is 20.2.